The van der Waals surface area contributed by atoms with Gasteiger partial charge in [-0.05, 0) is 40.5 Å². The number of hydrogen-bond acceptors (Lipinski definition) is 3. The predicted molar refractivity (Wildman–Crippen MR) is 90.7 cm³/mol. The number of hydrogen-bond donors (Lipinski definition) is 1. The van der Waals surface area contributed by atoms with Gasteiger partial charge >= 0.3 is 0 Å². The molecule has 0 heterocycles. The number of halogens is 1. The molecule has 0 aromatic heterocycles. The Labute approximate surface area is 136 Å². The number of sulfonamides is 1. The van der Waals surface area contributed by atoms with Gasteiger partial charge in [0.25, 0.3) is 0 Å². The van der Waals surface area contributed by atoms with E-state index >= 15 is 0 Å². The molecule has 0 aliphatic rings. The molecule has 0 aliphatic heterocycles. The van der Waals surface area contributed by atoms with Crippen molar-refractivity contribution in [3.63, 3.8) is 0 Å². The molecule has 0 saturated carbocycles. The van der Waals surface area contributed by atoms with Crippen molar-refractivity contribution in [2.45, 2.75) is 38.3 Å². The lowest BCUT2D eigenvalue weighted by atomic mass is 10.2. The van der Waals surface area contributed by atoms with E-state index in [1.54, 1.807) is 13.1 Å². The van der Waals surface area contributed by atoms with Crippen LogP contribution in [-0.4, -0.2) is 32.4 Å². The molecule has 0 bridgehead atoms. The molecule has 0 spiro atoms. The second-order valence-corrected chi connectivity index (χ2v) is 8.39. The van der Waals surface area contributed by atoms with Gasteiger partial charge in [-0.15, -0.1) is 0 Å². The maximum atomic E-state index is 12.5. The monoisotopic (exact) mass is 374 g/mol. The molecule has 1 aromatic rings. The highest BCUT2D eigenvalue weighted by Crippen LogP contribution is 2.26. The lowest BCUT2D eigenvalue weighted by molar-refractivity contribution is 0.492. The Morgan fingerprint density at radius 2 is 2.05 bits per heavy atom. The molecule has 4 nitrogen and oxygen atoms in total. The molecule has 1 N–H and O–H groups in total. The largest absolute Gasteiger partial charge is 0.310 e. The van der Waals surface area contributed by atoms with Gasteiger partial charge in [0.05, 0.1) is 4.90 Å². The fraction of sp³-hybridized carbons (Fsp3) is 0.467. The normalized spacial score (nSPS) is 12.1. The van der Waals surface area contributed by atoms with Crippen molar-refractivity contribution >= 4 is 26.0 Å². The van der Waals surface area contributed by atoms with E-state index in [2.05, 4.69) is 41.7 Å². The van der Waals surface area contributed by atoms with Gasteiger partial charge in [0.1, 0.15) is 0 Å². The van der Waals surface area contributed by atoms with Crippen LogP contribution >= 0.6 is 15.9 Å². The van der Waals surface area contributed by atoms with Crippen LogP contribution < -0.4 is 5.32 Å². The summed E-state index contributed by atoms with van der Waals surface area (Å²) in [6.07, 6.45) is 0. The highest BCUT2D eigenvalue weighted by molar-refractivity contribution is 9.10. The lowest BCUT2D eigenvalue weighted by Crippen LogP contribution is -2.28. The lowest BCUT2D eigenvalue weighted by Gasteiger charge is -2.18. The summed E-state index contributed by atoms with van der Waals surface area (Å²) < 4.78 is 26.9. The first-order valence-corrected chi connectivity index (χ1v) is 9.00. The molecule has 6 heteroatoms. The van der Waals surface area contributed by atoms with Crippen molar-refractivity contribution < 1.29 is 8.42 Å². The first-order chi connectivity index (χ1) is 9.64. The van der Waals surface area contributed by atoms with Crippen LogP contribution in [0.25, 0.3) is 0 Å². The Balaban J connectivity index is 3.01. The van der Waals surface area contributed by atoms with Crippen LogP contribution in [0.2, 0.25) is 0 Å². The molecule has 1 aromatic carbocycles. The van der Waals surface area contributed by atoms with Crippen LogP contribution in [0, 0.1) is 0 Å². The molecule has 0 saturated heterocycles. The number of rotatable bonds is 7. The van der Waals surface area contributed by atoms with E-state index in [0.717, 1.165) is 11.1 Å². The molecule has 21 heavy (non-hydrogen) atoms. The van der Waals surface area contributed by atoms with Gasteiger partial charge in [0.15, 0.2) is 0 Å². The first kappa shape index (κ1) is 18.4. The maximum absolute atomic E-state index is 12.5. The van der Waals surface area contributed by atoms with Crippen molar-refractivity contribution in [2.75, 3.05) is 13.6 Å². The molecule has 118 valence electrons. The van der Waals surface area contributed by atoms with Gasteiger partial charge in [0, 0.05) is 30.7 Å². The van der Waals surface area contributed by atoms with Crippen molar-refractivity contribution in [1.82, 2.24) is 9.62 Å². The fourth-order valence-electron chi connectivity index (χ4n) is 1.82. The number of nitrogens with one attached hydrogen (secondary N) is 1. The zero-order chi connectivity index (χ0) is 16.2. The van der Waals surface area contributed by atoms with Crippen molar-refractivity contribution in [3.8, 4) is 0 Å². The Kier molecular flexibility index (Phi) is 6.59. The minimum absolute atomic E-state index is 0.277. The van der Waals surface area contributed by atoms with Crippen LogP contribution in [-0.2, 0) is 16.6 Å². The first-order valence-electron chi connectivity index (χ1n) is 6.77. The smallest absolute Gasteiger partial charge is 0.244 e. The van der Waals surface area contributed by atoms with Crippen LogP contribution in [0.1, 0.15) is 26.3 Å². The summed E-state index contributed by atoms with van der Waals surface area (Å²) in [6.45, 7) is 10.7. The number of benzene rings is 1. The molecular weight excluding hydrogens is 352 g/mol. The summed E-state index contributed by atoms with van der Waals surface area (Å²) in [6, 6.07) is 5.71. The standard InChI is InChI=1S/C15H23BrN2O2S/c1-11(2)10-18(5)21(19,20)15-7-6-13(8-14(15)16)9-17-12(3)4/h6-8,12,17H,1,9-10H2,2-5H3. The topological polar surface area (TPSA) is 49.4 Å². The summed E-state index contributed by atoms with van der Waals surface area (Å²) in [5.41, 5.74) is 1.84. The van der Waals surface area contributed by atoms with E-state index in [1.807, 2.05) is 19.1 Å². The SMILES string of the molecule is C=C(C)CN(C)S(=O)(=O)c1ccc(CNC(C)C)cc1Br. The third-order valence-electron chi connectivity index (χ3n) is 2.89. The highest BCUT2D eigenvalue weighted by atomic mass is 79.9. The zero-order valence-corrected chi connectivity index (χ0v) is 15.4. The van der Waals surface area contributed by atoms with Crippen molar-refractivity contribution in [1.29, 1.82) is 0 Å². The minimum atomic E-state index is -3.51. The minimum Gasteiger partial charge on any atom is -0.310 e. The molecule has 0 fully saturated rings. The van der Waals surface area contributed by atoms with Gasteiger partial charge in [-0.25, -0.2) is 8.42 Å². The average molecular weight is 375 g/mol. The Bertz CT molecular complexity index is 612. The Hall–Kier alpha value is -0.690. The van der Waals surface area contributed by atoms with E-state index in [9.17, 15) is 8.42 Å². The third-order valence-corrected chi connectivity index (χ3v) is 5.67. The predicted octanol–water partition coefficient (Wildman–Crippen LogP) is 3.14. The van der Waals surface area contributed by atoms with Gasteiger partial charge in [-0.3, -0.25) is 0 Å². The third kappa shape index (κ3) is 5.21. The second-order valence-electron chi connectivity index (χ2n) is 5.52. The zero-order valence-electron chi connectivity index (χ0n) is 13.0. The number of likely N-dealkylation sites (N-methyl/N-ethyl adjacent to an activating group) is 1. The Morgan fingerprint density at radius 1 is 1.43 bits per heavy atom. The van der Waals surface area contributed by atoms with Crippen LogP contribution in [0.3, 0.4) is 0 Å². The summed E-state index contributed by atoms with van der Waals surface area (Å²) in [7, 11) is -1.95. The summed E-state index contributed by atoms with van der Waals surface area (Å²) in [4.78, 5) is 0.277. The van der Waals surface area contributed by atoms with E-state index in [0.29, 0.717) is 23.6 Å². The summed E-state index contributed by atoms with van der Waals surface area (Å²) >= 11 is 3.37. The molecule has 1 rings (SSSR count). The quantitative estimate of drug-likeness (QED) is 0.745. The molecule has 0 unspecified atom stereocenters. The Morgan fingerprint density at radius 3 is 2.52 bits per heavy atom. The second kappa shape index (κ2) is 7.54. The van der Waals surface area contributed by atoms with E-state index in [1.165, 1.54) is 4.31 Å². The highest BCUT2D eigenvalue weighted by Gasteiger charge is 2.23. The summed E-state index contributed by atoms with van der Waals surface area (Å²) in [5.74, 6) is 0. The van der Waals surface area contributed by atoms with Gasteiger partial charge in [-0.2, -0.15) is 4.31 Å². The van der Waals surface area contributed by atoms with Crippen molar-refractivity contribution in [3.05, 3.63) is 40.4 Å². The van der Waals surface area contributed by atoms with Gasteiger partial charge in [-0.1, -0.05) is 32.1 Å². The fourth-order valence-corrected chi connectivity index (χ4v) is 4.13. The van der Waals surface area contributed by atoms with Crippen LogP contribution in [0.4, 0.5) is 0 Å². The molecular formula is C15H23BrN2O2S. The molecule has 0 radical (unpaired) electrons. The maximum Gasteiger partial charge on any atom is 0.244 e. The van der Waals surface area contributed by atoms with Gasteiger partial charge < -0.3 is 5.32 Å². The van der Waals surface area contributed by atoms with E-state index in [4.69, 9.17) is 0 Å². The average Bonchev–Trinajstić information content (AvgIpc) is 2.35. The van der Waals surface area contributed by atoms with E-state index < -0.39 is 10.0 Å². The molecule has 0 amide bonds. The molecule has 0 aliphatic carbocycles. The molecule has 0 atom stereocenters. The van der Waals surface area contributed by atoms with Gasteiger partial charge in [0.2, 0.25) is 10.0 Å². The van der Waals surface area contributed by atoms with Crippen LogP contribution in [0.15, 0.2) is 39.7 Å². The van der Waals surface area contributed by atoms with Crippen LogP contribution in [0.5, 0.6) is 0 Å². The van der Waals surface area contributed by atoms with E-state index in [-0.39, 0.29) is 4.90 Å². The number of nitrogens with zero attached hydrogens (tertiary/aromatic N) is 1. The van der Waals surface area contributed by atoms with Crippen molar-refractivity contribution in [2.24, 2.45) is 0 Å². The summed E-state index contributed by atoms with van der Waals surface area (Å²) in [5, 5.41) is 3.30.